The summed E-state index contributed by atoms with van der Waals surface area (Å²) in [5, 5.41) is 12.0. The van der Waals surface area contributed by atoms with Gasteiger partial charge >= 0.3 is 5.97 Å². The first-order valence-corrected chi connectivity index (χ1v) is 5.30. The van der Waals surface area contributed by atoms with E-state index in [-0.39, 0.29) is 0 Å². The fourth-order valence-electron chi connectivity index (χ4n) is 2.04. The first kappa shape index (κ1) is 10.2. The summed E-state index contributed by atoms with van der Waals surface area (Å²) in [6.07, 6.45) is 2.44. The molecule has 0 spiro atoms. The zero-order valence-electron chi connectivity index (χ0n) is 8.57. The van der Waals surface area contributed by atoms with Gasteiger partial charge in [0.25, 0.3) is 0 Å². The van der Waals surface area contributed by atoms with Crippen LogP contribution in [0.3, 0.4) is 0 Å². The van der Waals surface area contributed by atoms with Gasteiger partial charge in [-0.25, -0.2) is 0 Å². The Morgan fingerprint density at radius 1 is 1.27 bits per heavy atom. The molecule has 3 nitrogen and oxygen atoms in total. The van der Waals surface area contributed by atoms with Crippen molar-refractivity contribution >= 4 is 5.97 Å². The number of hydrogen-bond acceptors (Lipinski definition) is 2. The van der Waals surface area contributed by atoms with Crippen LogP contribution < -0.4 is 5.32 Å². The number of nitrogens with one attached hydrogen (secondary N) is 1. The Bertz CT molecular complexity index is 362. The van der Waals surface area contributed by atoms with E-state index in [4.69, 9.17) is 5.11 Å². The minimum atomic E-state index is -0.741. The minimum Gasteiger partial charge on any atom is -0.480 e. The molecule has 15 heavy (non-hydrogen) atoms. The summed E-state index contributed by atoms with van der Waals surface area (Å²) in [7, 11) is 0. The first-order valence-electron chi connectivity index (χ1n) is 5.30. The Hall–Kier alpha value is -1.35. The highest BCUT2D eigenvalue weighted by molar-refractivity contribution is 5.73. The lowest BCUT2D eigenvalue weighted by Crippen LogP contribution is -2.39. The predicted octanol–water partition coefficient (Wildman–Crippen LogP) is 1.22. The van der Waals surface area contributed by atoms with Gasteiger partial charge in [0.1, 0.15) is 6.04 Å². The van der Waals surface area contributed by atoms with Crippen LogP contribution in [0.1, 0.15) is 17.5 Å². The van der Waals surface area contributed by atoms with Crippen LogP contribution in [0, 0.1) is 0 Å². The molecule has 2 N–H and O–H groups in total. The van der Waals surface area contributed by atoms with Gasteiger partial charge in [-0.15, -0.1) is 0 Å². The highest BCUT2D eigenvalue weighted by Gasteiger charge is 2.18. The Balaban J connectivity index is 2.14. The maximum atomic E-state index is 10.9. The van der Waals surface area contributed by atoms with Crippen molar-refractivity contribution in [1.29, 1.82) is 0 Å². The number of hydrogen-bond donors (Lipinski definition) is 2. The van der Waals surface area contributed by atoms with E-state index in [1.54, 1.807) is 0 Å². The molecular formula is C12H15NO2. The Morgan fingerprint density at radius 2 is 1.93 bits per heavy atom. The predicted molar refractivity (Wildman–Crippen MR) is 57.9 cm³/mol. The lowest BCUT2D eigenvalue weighted by Gasteiger charge is -2.19. The van der Waals surface area contributed by atoms with Crippen LogP contribution in [0.2, 0.25) is 0 Å². The van der Waals surface area contributed by atoms with Gasteiger partial charge in [-0.3, -0.25) is 4.79 Å². The molecule has 0 fully saturated rings. The molecule has 0 saturated carbocycles. The van der Waals surface area contributed by atoms with Crippen molar-refractivity contribution in [2.45, 2.75) is 25.3 Å². The van der Waals surface area contributed by atoms with Gasteiger partial charge in [0, 0.05) is 0 Å². The molecular weight excluding hydrogens is 190 g/mol. The van der Waals surface area contributed by atoms with Gasteiger partial charge in [0.2, 0.25) is 0 Å². The third-order valence-electron chi connectivity index (χ3n) is 2.90. The van der Waals surface area contributed by atoms with Crippen molar-refractivity contribution in [3.05, 3.63) is 35.4 Å². The van der Waals surface area contributed by atoms with Crippen LogP contribution in [-0.4, -0.2) is 23.7 Å². The minimum absolute atomic E-state index is 0.390. The summed E-state index contributed by atoms with van der Waals surface area (Å²) >= 11 is 0. The highest BCUT2D eigenvalue weighted by atomic mass is 16.4. The number of aliphatic carboxylic acids is 1. The van der Waals surface area contributed by atoms with E-state index in [9.17, 15) is 4.79 Å². The zero-order chi connectivity index (χ0) is 10.7. The maximum Gasteiger partial charge on any atom is 0.320 e. The third-order valence-corrected chi connectivity index (χ3v) is 2.90. The number of benzene rings is 1. The summed E-state index contributed by atoms with van der Waals surface area (Å²) in [4.78, 5) is 10.9. The van der Waals surface area contributed by atoms with Gasteiger partial charge in [-0.1, -0.05) is 24.3 Å². The van der Waals surface area contributed by atoms with Crippen LogP contribution in [0.4, 0.5) is 0 Å². The molecule has 1 aromatic carbocycles. The van der Waals surface area contributed by atoms with Gasteiger partial charge in [-0.05, 0) is 36.9 Å². The van der Waals surface area contributed by atoms with Crippen molar-refractivity contribution in [3.63, 3.8) is 0 Å². The second-order valence-corrected chi connectivity index (χ2v) is 3.90. The van der Waals surface area contributed by atoms with E-state index in [0.717, 1.165) is 19.4 Å². The van der Waals surface area contributed by atoms with E-state index in [1.807, 2.05) is 12.1 Å². The Morgan fingerprint density at radius 3 is 2.60 bits per heavy atom. The maximum absolute atomic E-state index is 10.9. The second-order valence-electron chi connectivity index (χ2n) is 3.90. The van der Waals surface area contributed by atoms with Gasteiger partial charge in [-0.2, -0.15) is 0 Å². The number of carboxylic acids is 1. The molecule has 1 atom stereocenters. The molecule has 1 aromatic rings. The quantitative estimate of drug-likeness (QED) is 0.724. The number of aryl methyl sites for hydroxylation is 1. The summed E-state index contributed by atoms with van der Waals surface area (Å²) in [6.45, 7) is 0.744. The fourth-order valence-corrected chi connectivity index (χ4v) is 2.04. The van der Waals surface area contributed by atoms with Crippen molar-refractivity contribution < 1.29 is 9.90 Å². The molecule has 3 heteroatoms. The average molecular weight is 205 g/mol. The molecule has 80 valence electrons. The normalized spacial score (nSPS) is 21.2. The number of fused-ring (bicyclic) bond motifs is 1. The topological polar surface area (TPSA) is 49.3 Å². The fraction of sp³-hybridized carbons (Fsp3) is 0.417. The van der Waals surface area contributed by atoms with Crippen LogP contribution in [0.15, 0.2) is 24.3 Å². The molecule has 1 aliphatic rings. The van der Waals surface area contributed by atoms with E-state index in [0.29, 0.717) is 6.42 Å². The largest absolute Gasteiger partial charge is 0.480 e. The van der Waals surface area contributed by atoms with Crippen LogP contribution >= 0.6 is 0 Å². The molecule has 0 aromatic heterocycles. The molecule has 0 bridgehead atoms. The molecule has 0 aliphatic carbocycles. The number of carbonyl (C=O) groups is 1. The SMILES string of the molecule is O=C(O)C1CCc2ccccc2CCN1. The molecule has 1 heterocycles. The smallest absolute Gasteiger partial charge is 0.320 e. The first-order chi connectivity index (χ1) is 7.27. The number of carboxylic acid groups (broad SMARTS) is 1. The molecule has 2 rings (SSSR count). The van der Waals surface area contributed by atoms with Gasteiger partial charge in [0.05, 0.1) is 0 Å². The van der Waals surface area contributed by atoms with Gasteiger partial charge in [0.15, 0.2) is 0 Å². The second kappa shape index (κ2) is 4.45. The summed E-state index contributed by atoms with van der Waals surface area (Å²) < 4.78 is 0. The van der Waals surface area contributed by atoms with Gasteiger partial charge < -0.3 is 10.4 Å². The highest BCUT2D eigenvalue weighted by Crippen LogP contribution is 2.15. The van der Waals surface area contributed by atoms with E-state index in [2.05, 4.69) is 17.4 Å². The van der Waals surface area contributed by atoms with Crippen LogP contribution in [0.5, 0.6) is 0 Å². The molecule has 0 saturated heterocycles. The van der Waals surface area contributed by atoms with Crippen LogP contribution in [0.25, 0.3) is 0 Å². The molecule has 1 aliphatic heterocycles. The number of rotatable bonds is 1. The molecule has 0 amide bonds. The van der Waals surface area contributed by atoms with Crippen molar-refractivity contribution in [2.75, 3.05) is 6.54 Å². The van der Waals surface area contributed by atoms with Crippen molar-refractivity contribution in [2.24, 2.45) is 0 Å². The molecule has 1 unspecified atom stereocenters. The van der Waals surface area contributed by atoms with E-state index in [1.165, 1.54) is 11.1 Å². The molecule has 0 radical (unpaired) electrons. The lowest BCUT2D eigenvalue weighted by atomic mass is 9.96. The Labute approximate surface area is 89.1 Å². The zero-order valence-corrected chi connectivity index (χ0v) is 8.57. The van der Waals surface area contributed by atoms with Crippen molar-refractivity contribution in [1.82, 2.24) is 5.32 Å². The Kier molecular flexibility index (Phi) is 3.02. The lowest BCUT2D eigenvalue weighted by molar-refractivity contribution is -0.139. The monoisotopic (exact) mass is 205 g/mol. The average Bonchev–Trinajstić information content (AvgIpc) is 2.18. The van der Waals surface area contributed by atoms with Crippen molar-refractivity contribution in [3.8, 4) is 0 Å². The summed E-state index contributed by atoms with van der Waals surface area (Å²) in [5.74, 6) is -0.741. The van der Waals surface area contributed by atoms with E-state index >= 15 is 0 Å². The third kappa shape index (κ3) is 2.36. The summed E-state index contributed by atoms with van der Waals surface area (Å²) in [5.41, 5.74) is 2.64. The summed E-state index contributed by atoms with van der Waals surface area (Å²) in [6, 6.07) is 7.88. The van der Waals surface area contributed by atoms with E-state index < -0.39 is 12.0 Å². The van der Waals surface area contributed by atoms with Crippen LogP contribution in [-0.2, 0) is 17.6 Å². The standard InChI is InChI=1S/C12H15NO2/c14-12(15)11-6-5-9-3-1-2-4-10(9)7-8-13-11/h1-4,11,13H,5-8H2,(H,14,15).